The first-order valence-corrected chi connectivity index (χ1v) is 7.39. The molecule has 0 aromatic heterocycles. The van der Waals surface area contributed by atoms with E-state index in [1.807, 2.05) is 0 Å². The third-order valence-electron chi connectivity index (χ3n) is 5.83. The van der Waals surface area contributed by atoms with Gasteiger partial charge in [-0.05, 0) is 66.5 Å². The van der Waals surface area contributed by atoms with E-state index in [4.69, 9.17) is 5.73 Å². The maximum Gasteiger partial charge on any atom is 0.416 e. The molecular weight excluding hydrogens is 263 g/mol. The molecule has 5 unspecified atom stereocenters. The van der Waals surface area contributed by atoms with Gasteiger partial charge in [0.15, 0.2) is 0 Å². The molecular formula is C16H18F3N. The molecule has 0 amide bonds. The fourth-order valence-corrected chi connectivity index (χ4v) is 4.99. The fourth-order valence-electron chi connectivity index (χ4n) is 4.99. The van der Waals surface area contributed by atoms with E-state index in [1.165, 1.54) is 19.3 Å². The molecule has 0 heterocycles. The molecule has 0 aliphatic heterocycles. The van der Waals surface area contributed by atoms with Crippen molar-refractivity contribution in [2.75, 3.05) is 0 Å². The van der Waals surface area contributed by atoms with Crippen LogP contribution in [-0.4, -0.2) is 0 Å². The van der Waals surface area contributed by atoms with Crippen molar-refractivity contribution in [2.45, 2.75) is 31.5 Å². The van der Waals surface area contributed by atoms with Crippen molar-refractivity contribution in [1.29, 1.82) is 0 Å². The van der Waals surface area contributed by atoms with Crippen LogP contribution in [0.25, 0.3) is 0 Å². The highest BCUT2D eigenvalue weighted by molar-refractivity contribution is 5.30. The van der Waals surface area contributed by atoms with Crippen molar-refractivity contribution >= 4 is 0 Å². The van der Waals surface area contributed by atoms with E-state index in [1.54, 1.807) is 12.1 Å². The van der Waals surface area contributed by atoms with E-state index >= 15 is 0 Å². The summed E-state index contributed by atoms with van der Waals surface area (Å²) in [6, 6.07) is 5.34. The van der Waals surface area contributed by atoms with Gasteiger partial charge in [-0.2, -0.15) is 13.2 Å². The molecule has 0 radical (unpaired) electrons. The monoisotopic (exact) mass is 281 g/mol. The Hall–Kier alpha value is -1.03. The topological polar surface area (TPSA) is 26.0 Å². The van der Waals surface area contributed by atoms with E-state index in [9.17, 15) is 13.2 Å². The molecule has 1 nitrogen and oxygen atoms in total. The van der Waals surface area contributed by atoms with E-state index in [-0.39, 0.29) is 6.04 Å². The van der Waals surface area contributed by atoms with E-state index in [0.717, 1.165) is 41.4 Å². The zero-order chi connectivity index (χ0) is 14.1. The third kappa shape index (κ3) is 1.73. The summed E-state index contributed by atoms with van der Waals surface area (Å²) in [7, 11) is 0. The van der Waals surface area contributed by atoms with Crippen molar-refractivity contribution in [2.24, 2.45) is 35.3 Å². The summed E-state index contributed by atoms with van der Waals surface area (Å²) in [5.41, 5.74) is 6.59. The average molecular weight is 281 g/mol. The Morgan fingerprint density at radius 3 is 2.05 bits per heavy atom. The van der Waals surface area contributed by atoms with Crippen molar-refractivity contribution in [3.05, 3.63) is 35.4 Å². The molecule has 108 valence electrons. The Kier molecular flexibility index (Phi) is 2.54. The van der Waals surface area contributed by atoms with Crippen LogP contribution >= 0.6 is 0 Å². The Bertz CT molecular complexity index is 506. The second-order valence-electron chi connectivity index (χ2n) is 6.71. The van der Waals surface area contributed by atoms with Gasteiger partial charge in [-0.3, -0.25) is 0 Å². The van der Waals surface area contributed by atoms with Crippen molar-refractivity contribution in [1.82, 2.24) is 0 Å². The molecule has 3 aliphatic carbocycles. The van der Waals surface area contributed by atoms with Gasteiger partial charge >= 0.3 is 6.18 Å². The van der Waals surface area contributed by atoms with Crippen LogP contribution in [0.3, 0.4) is 0 Å². The standard InChI is InChI=1S/C16H18F3N/c17-16(18,19)11-5-3-8(4-6-11)15(20)14-12-9-1-2-10(7-9)13(12)14/h3-6,9-10,12-15H,1-2,7,20H2. The minimum Gasteiger partial charge on any atom is -0.324 e. The second-order valence-corrected chi connectivity index (χ2v) is 6.71. The van der Waals surface area contributed by atoms with E-state index in [0.29, 0.717) is 5.92 Å². The van der Waals surface area contributed by atoms with Crippen LogP contribution < -0.4 is 5.73 Å². The van der Waals surface area contributed by atoms with Crippen molar-refractivity contribution in [3.63, 3.8) is 0 Å². The van der Waals surface area contributed by atoms with Gasteiger partial charge in [0.25, 0.3) is 0 Å². The minimum absolute atomic E-state index is 0.0873. The predicted molar refractivity (Wildman–Crippen MR) is 69.7 cm³/mol. The summed E-state index contributed by atoms with van der Waals surface area (Å²) in [5.74, 6) is 3.71. The number of alkyl halides is 3. The summed E-state index contributed by atoms with van der Waals surface area (Å²) in [4.78, 5) is 0. The first kappa shape index (κ1) is 12.7. The van der Waals surface area contributed by atoms with Crippen LogP contribution in [0.2, 0.25) is 0 Å². The molecule has 3 fully saturated rings. The van der Waals surface area contributed by atoms with Gasteiger partial charge in [0.1, 0.15) is 0 Å². The van der Waals surface area contributed by atoms with Crippen LogP contribution in [0, 0.1) is 29.6 Å². The Morgan fingerprint density at radius 2 is 1.55 bits per heavy atom. The normalized spacial score (nSPS) is 39.7. The summed E-state index contributed by atoms with van der Waals surface area (Å²) < 4.78 is 37.7. The van der Waals surface area contributed by atoms with Crippen LogP contribution in [0.4, 0.5) is 13.2 Å². The zero-order valence-electron chi connectivity index (χ0n) is 11.1. The smallest absolute Gasteiger partial charge is 0.324 e. The van der Waals surface area contributed by atoms with Gasteiger partial charge in [0.2, 0.25) is 0 Å². The molecule has 2 N–H and O–H groups in total. The molecule has 4 heteroatoms. The number of nitrogens with two attached hydrogens (primary N) is 1. The molecule has 3 saturated carbocycles. The Morgan fingerprint density at radius 1 is 1.00 bits per heavy atom. The number of rotatable bonds is 2. The van der Waals surface area contributed by atoms with Crippen LogP contribution in [0.15, 0.2) is 24.3 Å². The highest BCUT2D eigenvalue weighted by Gasteiger charge is 2.66. The molecule has 4 rings (SSSR count). The van der Waals surface area contributed by atoms with Crippen molar-refractivity contribution < 1.29 is 13.2 Å². The molecule has 5 atom stereocenters. The fraction of sp³-hybridized carbons (Fsp3) is 0.625. The van der Waals surface area contributed by atoms with Gasteiger partial charge in [0.05, 0.1) is 5.56 Å². The maximum absolute atomic E-state index is 12.6. The van der Waals surface area contributed by atoms with E-state index in [2.05, 4.69) is 0 Å². The summed E-state index contributed by atoms with van der Waals surface area (Å²) in [6.07, 6.45) is -0.229. The maximum atomic E-state index is 12.6. The lowest BCUT2D eigenvalue weighted by Crippen LogP contribution is -2.17. The molecule has 0 saturated heterocycles. The van der Waals surface area contributed by atoms with Gasteiger partial charge in [-0.15, -0.1) is 0 Å². The van der Waals surface area contributed by atoms with Crippen LogP contribution in [-0.2, 0) is 6.18 Å². The van der Waals surface area contributed by atoms with E-state index < -0.39 is 11.7 Å². The SMILES string of the molecule is NC(c1ccc(C(F)(F)F)cc1)C1C2C3CCC(C3)C21. The molecule has 0 spiro atoms. The third-order valence-corrected chi connectivity index (χ3v) is 5.83. The minimum atomic E-state index is -4.27. The number of benzene rings is 1. The second kappa shape index (κ2) is 4.00. The Labute approximate surface area is 116 Å². The number of fused-ring (bicyclic) bond motifs is 5. The van der Waals surface area contributed by atoms with Gasteiger partial charge in [-0.1, -0.05) is 12.1 Å². The molecule has 3 aliphatic rings. The first-order chi connectivity index (χ1) is 9.47. The molecule has 1 aromatic rings. The van der Waals surface area contributed by atoms with Crippen LogP contribution in [0.1, 0.15) is 36.4 Å². The highest BCUT2D eigenvalue weighted by Crippen LogP contribution is 2.71. The van der Waals surface area contributed by atoms with Gasteiger partial charge in [-0.25, -0.2) is 0 Å². The van der Waals surface area contributed by atoms with Crippen LogP contribution in [0.5, 0.6) is 0 Å². The summed E-state index contributed by atoms with van der Waals surface area (Å²) >= 11 is 0. The summed E-state index contributed by atoms with van der Waals surface area (Å²) in [5, 5.41) is 0. The Balaban J connectivity index is 1.51. The highest BCUT2D eigenvalue weighted by atomic mass is 19.4. The number of halogens is 3. The summed E-state index contributed by atoms with van der Waals surface area (Å²) in [6.45, 7) is 0. The lowest BCUT2D eigenvalue weighted by atomic mass is 9.93. The molecule has 2 bridgehead atoms. The van der Waals surface area contributed by atoms with Gasteiger partial charge in [0, 0.05) is 6.04 Å². The average Bonchev–Trinajstić information content (AvgIpc) is 2.84. The van der Waals surface area contributed by atoms with Crippen molar-refractivity contribution in [3.8, 4) is 0 Å². The number of hydrogen-bond donors (Lipinski definition) is 1. The zero-order valence-corrected chi connectivity index (χ0v) is 11.1. The van der Waals surface area contributed by atoms with Gasteiger partial charge < -0.3 is 5.73 Å². The predicted octanol–water partition coefficient (Wildman–Crippen LogP) is 4.00. The largest absolute Gasteiger partial charge is 0.416 e. The molecule has 1 aromatic carbocycles. The molecule has 20 heavy (non-hydrogen) atoms. The number of hydrogen-bond acceptors (Lipinski definition) is 1. The first-order valence-electron chi connectivity index (χ1n) is 7.39. The quantitative estimate of drug-likeness (QED) is 0.871. The lowest BCUT2D eigenvalue weighted by Gasteiger charge is -2.17. The lowest BCUT2D eigenvalue weighted by molar-refractivity contribution is -0.137.